The van der Waals surface area contributed by atoms with E-state index < -0.39 is 0 Å². The molecule has 0 atom stereocenters. The third-order valence-electron chi connectivity index (χ3n) is 2.74. The number of nitrogens with zero attached hydrogens (tertiary/aromatic N) is 2. The van der Waals surface area contributed by atoms with E-state index in [1.54, 1.807) is 6.20 Å². The van der Waals surface area contributed by atoms with Crippen LogP contribution in [-0.2, 0) is 0 Å². The molecule has 16 heavy (non-hydrogen) atoms. The van der Waals surface area contributed by atoms with Crippen molar-refractivity contribution >= 4 is 0 Å². The van der Waals surface area contributed by atoms with Crippen LogP contribution in [0.5, 0.6) is 0 Å². The molecule has 0 amide bonds. The Morgan fingerprint density at radius 1 is 1.12 bits per heavy atom. The number of pyridine rings is 2. The van der Waals surface area contributed by atoms with E-state index in [1.807, 2.05) is 18.5 Å². The first kappa shape index (κ1) is 10.8. The summed E-state index contributed by atoms with van der Waals surface area (Å²) in [5.74, 6) is 0.504. The molecule has 0 aliphatic carbocycles. The lowest BCUT2D eigenvalue weighted by molar-refractivity contribution is 0.843. The van der Waals surface area contributed by atoms with E-state index in [1.165, 1.54) is 5.56 Å². The molecule has 0 aliphatic rings. The molecule has 0 spiro atoms. The van der Waals surface area contributed by atoms with E-state index in [0.717, 1.165) is 16.8 Å². The third-order valence-corrected chi connectivity index (χ3v) is 2.74. The fourth-order valence-corrected chi connectivity index (χ4v) is 1.83. The molecule has 2 aromatic rings. The van der Waals surface area contributed by atoms with Crippen molar-refractivity contribution in [3.63, 3.8) is 0 Å². The van der Waals surface area contributed by atoms with Crippen LogP contribution >= 0.6 is 0 Å². The van der Waals surface area contributed by atoms with Crippen molar-refractivity contribution in [2.24, 2.45) is 0 Å². The Hall–Kier alpha value is -1.70. The molecule has 0 radical (unpaired) electrons. The molecule has 2 rings (SSSR count). The number of aromatic nitrogens is 2. The summed E-state index contributed by atoms with van der Waals surface area (Å²) in [6, 6.07) is 6.22. The minimum atomic E-state index is 0.504. The molecule has 0 N–H and O–H groups in total. The average molecular weight is 212 g/mol. The van der Waals surface area contributed by atoms with Gasteiger partial charge in [0.25, 0.3) is 0 Å². The first-order chi connectivity index (χ1) is 7.68. The second-order valence-corrected chi connectivity index (χ2v) is 4.30. The van der Waals surface area contributed by atoms with E-state index in [-0.39, 0.29) is 0 Å². The first-order valence-corrected chi connectivity index (χ1v) is 5.55. The lowest BCUT2D eigenvalue weighted by atomic mass is 9.98. The summed E-state index contributed by atoms with van der Waals surface area (Å²) in [6.07, 6.45) is 5.57. The van der Waals surface area contributed by atoms with Crippen molar-refractivity contribution in [3.05, 3.63) is 48.0 Å². The summed E-state index contributed by atoms with van der Waals surface area (Å²) in [5, 5.41) is 0. The maximum atomic E-state index is 4.45. The van der Waals surface area contributed by atoms with E-state index >= 15 is 0 Å². The zero-order valence-corrected chi connectivity index (χ0v) is 9.94. The van der Waals surface area contributed by atoms with Crippen LogP contribution in [0.1, 0.15) is 31.0 Å². The van der Waals surface area contributed by atoms with Gasteiger partial charge in [-0.1, -0.05) is 19.9 Å². The van der Waals surface area contributed by atoms with Gasteiger partial charge >= 0.3 is 0 Å². The van der Waals surface area contributed by atoms with E-state index in [2.05, 4.69) is 42.9 Å². The molecular weight excluding hydrogens is 196 g/mol. The maximum absolute atomic E-state index is 4.45. The lowest BCUT2D eigenvalue weighted by Gasteiger charge is -2.10. The topological polar surface area (TPSA) is 25.8 Å². The minimum absolute atomic E-state index is 0.504. The normalized spacial score (nSPS) is 10.8. The Kier molecular flexibility index (Phi) is 3.00. The van der Waals surface area contributed by atoms with E-state index in [0.29, 0.717) is 5.92 Å². The molecule has 0 unspecified atom stereocenters. The highest BCUT2D eigenvalue weighted by Gasteiger charge is 2.06. The number of hydrogen-bond acceptors (Lipinski definition) is 2. The largest absolute Gasteiger partial charge is 0.264 e. The van der Waals surface area contributed by atoms with Crippen molar-refractivity contribution in [3.8, 4) is 11.1 Å². The summed E-state index contributed by atoms with van der Waals surface area (Å²) in [4.78, 5) is 8.58. The molecule has 2 nitrogen and oxygen atoms in total. The van der Waals surface area contributed by atoms with Crippen molar-refractivity contribution in [1.29, 1.82) is 0 Å². The summed E-state index contributed by atoms with van der Waals surface area (Å²) in [5.41, 5.74) is 4.68. The predicted octanol–water partition coefficient (Wildman–Crippen LogP) is 3.58. The fraction of sp³-hybridized carbons (Fsp3) is 0.286. The molecule has 2 heterocycles. The van der Waals surface area contributed by atoms with Crippen molar-refractivity contribution < 1.29 is 0 Å². The minimum Gasteiger partial charge on any atom is -0.264 e. The van der Waals surface area contributed by atoms with Gasteiger partial charge < -0.3 is 0 Å². The Bertz CT molecular complexity index is 475. The van der Waals surface area contributed by atoms with Crippen LogP contribution in [-0.4, -0.2) is 9.97 Å². The Labute approximate surface area is 96.4 Å². The second kappa shape index (κ2) is 4.44. The average Bonchev–Trinajstić information content (AvgIpc) is 2.30. The van der Waals surface area contributed by atoms with Crippen LogP contribution in [0.2, 0.25) is 0 Å². The van der Waals surface area contributed by atoms with Gasteiger partial charge in [0.2, 0.25) is 0 Å². The van der Waals surface area contributed by atoms with Gasteiger partial charge in [-0.05, 0) is 30.5 Å². The molecule has 0 fully saturated rings. The van der Waals surface area contributed by atoms with Crippen LogP contribution in [0.15, 0.2) is 36.8 Å². The summed E-state index contributed by atoms with van der Waals surface area (Å²) >= 11 is 0. The van der Waals surface area contributed by atoms with Crippen LogP contribution in [0, 0.1) is 6.92 Å². The van der Waals surface area contributed by atoms with Crippen molar-refractivity contribution in [2.75, 3.05) is 0 Å². The van der Waals surface area contributed by atoms with Gasteiger partial charge in [-0.25, -0.2) is 0 Å². The van der Waals surface area contributed by atoms with Crippen LogP contribution < -0.4 is 0 Å². The zero-order chi connectivity index (χ0) is 11.5. The van der Waals surface area contributed by atoms with Gasteiger partial charge in [0.1, 0.15) is 0 Å². The summed E-state index contributed by atoms with van der Waals surface area (Å²) in [7, 11) is 0. The van der Waals surface area contributed by atoms with Gasteiger partial charge in [0, 0.05) is 35.4 Å². The third kappa shape index (κ3) is 2.11. The summed E-state index contributed by atoms with van der Waals surface area (Å²) in [6.45, 7) is 6.44. The highest BCUT2D eigenvalue weighted by Crippen LogP contribution is 2.24. The van der Waals surface area contributed by atoms with E-state index in [4.69, 9.17) is 0 Å². The predicted molar refractivity (Wildman–Crippen MR) is 66.3 cm³/mol. The van der Waals surface area contributed by atoms with Crippen LogP contribution in [0.4, 0.5) is 0 Å². The molecule has 0 saturated carbocycles. The standard InChI is InChI=1S/C14H16N2/c1-10(2)14-7-13(9-16-11(14)3)12-5-4-6-15-8-12/h4-10H,1-3H3. The Morgan fingerprint density at radius 2 is 1.94 bits per heavy atom. The number of rotatable bonds is 2. The van der Waals surface area contributed by atoms with Crippen LogP contribution in [0.3, 0.4) is 0 Å². The Morgan fingerprint density at radius 3 is 2.56 bits per heavy atom. The first-order valence-electron chi connectivity index (χ1n) is 5.55. The molecule has 0 bridgehead atoms. The van der Waals surface area contributed by atoms with Gasteiger partial charge in [-0.2, -0.15) is 0 Å². The molecule has 2 heteroatoms. The van der Waals surface area contributed by atoms with Crippen molar-refractivity contribution in [1.82, 2.24) is 9.97 Å². The lowest BCUT2D eigenvalue weighted by Crippen LogP contribution is -1.96. The highest BCUT2D eigenvalue weighted by molar-refractivity contribution is 5.62. The SMILES string of the molecule is Cc1ncc(-c2cccnc2)cc1C(C)C. The molecule has 0 aromatic carbocycles. The van der Waals surface area contributed by atoms with Gasteiger partial charge in [-0.3, -0.25) is 9.97 Å². The van der Waals surface area contributed by atoms with E-state index in [9.17, 15) is 0 Å². The van der Waals surface area contributed by atoms with Gasteiger partial charge in [0.05, 0.1) is 0 Å². The zero-order valence-electron chi connectivity index (χ0n) is 9.94. The molecular formula is C14H16N2. The second-order valence-electron chi connectivity index (χ2n) is 4.30. The molecule has 2 aromatic heterocycles. The van der Waals surface area contributed by atoms with Crippen LogP contribution in [0.25, 0.3) is 11.1 Å². The molecule has 82 valence electrons. The monoisotopic (exact) mass is 212 g/mol. The number of hydrogen-bond donors (Lipinski definition) is 0. The van der Waals surface area contributed by atoms with Gasteiger partial charge in [-0.15, -0.1) is 0 Å². The Balaban J connectivity index is 2.48. The quantitative estimate of drug-likeness (QED) is 0.760. The fourth-order valence-electron chi connectivity index (χ4n) is 1.83. The van der Waals surface area contributed by atoms with Crippen molar-refractivity contribution in [2.45, 2.75) is 26.7 Å². The highest BCUT2D eigenvalue weighted by atomic mass is 14.7. The maximum Gasteiger partial charge on any atom is 0.0407 e. The molecule has 0 saturated heterocycles. The van der Waals surface area contributed by atoms with Gasteiger partial charge in [0.15, 0.2) is 0 Å². The smallest absolute Gasteiger partial charge is 0.0407 e. The summed E-state index contributed by atoms with van der Waals surface area (Å²) < 4.78 is 0. The number of aryl methyl sites for hydroxylation is 1. The molecule has 0 aliphatic heterocycles.